The van der Waals surface area contributed by atoms with Gasteiger partial charge in [0.25, 0.3) is 0 Å². The Labute approximate surface area is 88.9 Å². The van der Waals surface area contributed by atoms with Crippen molar-refractivity contribution in [3.05, 3.63) is 24.0 Å². The van der Waals surface area contributed by atoms with E-state index in [1.807, 2.05) is 29.9 Å². The summed E-state index contributed by atoms with van der Waals surface area (Å²) < 4.78 is 2.02. The highest BCUT2D eigenvalue weighted by molar-refractivity contribution is 5.71. The number of aliphatic carboxylic acids is 1. The van der Waals surface area contributed by atoms with Gasteiger partial charge in [-0.2, -0.15) is 0 Å². The second kappa shape index (κ2) is 4.06. The molecule has 1 saturated heterocycles. The number of carboxylic acid groups (broad SMARTS) is 1. The summed E-state index contributed by atoms with van der Waals surface area (Å²) in [5, 5.41) is 12.3. The fourth-order valence-corrected chi connectivity index (χ4v) is 2.33. The fourth-order valence-electron chi connectivity index (χ4n) is 2.33. The molecule has 2 rings (SSSR count). The fraction of sp³-hybridized carbons (Fsp3) is 0.545. The molecule has 0 spiro atoms. The van der Waals surface area contributed by atoms with E-state index < -0.39 is 5.97 Å². The normalized spacial score (nSPS) is 26.5. The number of rotatable bonds is 2. The van der Waals surface area contributed by atoms with Gasteiger partial charge in [-0.05, 0) is 25.1 Å². The van der Waals surface area contributed by atoms with E-state index >= 15 is 0 Å². The summed E-state index contributed by atoms with van der Waals surface area (Å²) >= 11 is 0. The van der Waals surface area contributed by atoms with Crippen molar-refractivity contribution in [2.45, 2.75) is 12.3 Å². The third kappa shape index (κ3) is 1.90. The summed E-state index contributed by atoms with van der Waals surface area (Å²) in [7, 11) is 1.97. The van der Waals surface area contributed by atoms with E-state index in [0.29, 0.717) is 6.54 Å². The second-order valence-electron chi connectivity index (χ2n) is 4.09. The van der Waals surface area contributed by atoms with Crippen LogP contribution in [0.5, 0.6) is 0 Å². The highest BCUT2D eigenvalue weighted by atomic mass is 16.4. The average Bonchev–Trinajstić information content (AvgIpc) is 2.64. The maximum absolute atomic E-state index is 11.1. The van der Waals surface area contributed by atoms with Gasteiger partial charge in [-0.3, -0.25) is 4.79 Å². The first-order valence-electron chi connectivity index (χ1n) is 5.25. The molecule has 4 nitrogen and oxygen atoms in total. The van der Waals surface area contributed by atoms with Crippen LogP contribution in [0.25, 0.3) is 0 Å². The van der Waals surface area contributed by atoms with Gasteiger partial charge in [0.15, 0.2) is 0 Å². The van der Waals surface area contributed by atoms with Crippen molar-refractivity contribution in [3.63, 3.8) is 0 Å². The Morgan fingerprint density at radius 1 is 1.67 bits per heavy atom. The lowest BCUT2D eigenvalue weighted by Crippen LogP contribution is -2.40. The first-order chi connectivity index (χ1) is 7.20. The number of aromatic nitrogens is 1. The molecule has 0 bridgehead atoms. The van der Waals surface area contributed by atoms with E-state index in [1.165, 1.54) is 0 Å². The monoisotopic (exact) mass is 208 g/mol. The Hall–Kier alpha value is -1.29. The molecule has 1 fully saturated rings. The van der Waals surface area contributed by atoms with Crippen LogP contribution >= 0.6 is 0 Å². The zero-order valence-electron chi connectivity index (χ0n) is 8.81. The molecule has 1 aromatic rings. The highest BCUT2D eigenvalue weighted by Gasteiger charge is 2.32. The molecule has 2 atom stereocenters. The quantitative estimate of drug-likeness (QED) is 0.756. The van der Waals surface area contributed by atoms with Gasteiger partial charge in [0.2, 0.25) is 0 Å². The van der Waals surface area contributed by atoms with Crippen molar-refractivity contribution in [3.8, 4) is 0 Å². The second-order valence-corrected chi connectivity index (χ2v) is 4.09. The minimum atomic E-state index is -0.701. The molecular weight excluding hydrogens is 192 g/mol. The Morgan fingerprint density at radius 3 is 3.07 bits per heavy atom. The van der Waals surface area contributed by atoms with E-state index in [1.54, 1.807) is 0 Å². The van der Waals surface area contributed by atoms with Crippen molar-refractivity contribution in [1.82, 2.24) is 9.88 Å². The van der Waals surface area contributed by atoms with Gasteiger partial charge in [0, 0.05) is 31.4 Å². The Morgan fingerprint density at radius 2 is 2.47 bits per heavy atom. The maximum atomic E-state index is 11.1. The predicted molar refractivity (Wildman–Crippen MR) is 56.8 cm³/mol. The number of hydrogen-bond donors (Lipinski definition) is 2. The standard InChI is InChI=1S/C11H16N2O2/c1-13-6-2-3-10(13)8-4-5-12-7-9(8)11(14)15/h2-3,6,8-9,12H,4-5,7H2,1H3,(H,14,15). The first kappa shape index (κ1) is 10.2. The molecule has 1 aromatic heterocycles. The molecule has 0 aromatic carbocycles. The predicted octanol–water partition coefficient (Wildman–Crippen LogP) is 0.803. The third-order valence-electron chi connectivity index (χ3n) is 3.16. The van der Waals surface area contributed by atoms with Crippen molar-refractivity contribution in [2.24, 2.45) is 13.0 Å². The van der Waals surface area contributed by atoms with Crippen LogP contribution in [-0.4, -0.2) is 28.7 Å². The van der Waals surface area contributed by atoms with Gasteiger partial charge in [-0.15, -0.1) is 0 Å². The Kier molecular flexibility index (Phi) is 2.77. The van der Waals surface area contributed by atoms with Gasteiger partial charge in [-0.25, -0.2) is 0 Å². The van der Waals surface area contributed by atoms with Crippen LogP contribution in [-0.2, 0) is 11.8 Å². The van der Waals surface area contributed by atoms with E-state index in [-0.39, 0.29) is 11.8 Å². The summed E-state index contributed by atoms with van der Waals surface area (Å²) in [4.78, 5) is 11.1. The summed E-state index contributed by atoms with van der Waals surface area (Å²) in [5.41, 5.74) is 1.13. The molecule has 0 saturated carbocycles. The van der Waals surface area contributed by atoms with Gasteiger partial charge >= 0.3 is 5.97 Å². The zero-order chi connectivity index (χ0) is 10.8. The smallest absolute Gasteiger partial charge is 0.308 e. The minimum absolute atomic E-state index is 0.142. The van der Waals surface area contributed by atoms with Crippen LogP contribution in [0, 0.1) is 5.92 Å². The van der Waals surface area contributed by atoms with Crippen LogP contribution < -0.4 is 5.32 Å². The molecule has 1 aliphatic rings. The van der Waals surface area contributed by atoms with Crippen LogP contribution in [0.2, 0.25) is 0 Å². The molecule has 2 N–H and O–H groups in total. The molecule has 15 heavy (non-hydrogen) atoms. The molecule has 0 aliphatic carbocycles. The molecule has 2 heterocycles. The molecule has 2 unspecified atom stereocenters. The molecule has 82 valence electrons. The summed E-state index contributed by atoms with van der Waals surface area (Å²) in [6.45, 7) is 1.48. The number of nitrogens with one attached hydrogen (secondary N) is 1. The summed E-state index contributed by atoms with van der Waals surface area (Å²) in [6, 6.07) is 3.99. The van der Waals surface area contributed by atoms with Crippen molar-refractivity contribution >= 4 is 5.97 Å². The lowest BCUT2D eigenvalue weighted by atomic mass is 9.84. The molecular formula is C11H16N2O2. The van der Waals surface area contributed by atoms with Crippen molar-refractivity contribution in [1.29, 1.82) is 0 Å². The SMILES string of the molecule is Cn1cccc1C1CCNCC1C(=O)O. The number of carbonyl (C=O) groups is 1. The van der Waals surface area contributed by atoms with E-state index in [4.69, 9.17) is 5.11 Å². The van der Waals surface area contributed by atoms with Crippen LogP contribution in [0.3, 0.4) is 0 Å². The summed E-state index contributed by atoms with van der Waals surface area (Å²) in [5.74, 6) is -0.857. The van der Waals surface area contributed by atoms with Crippen molar-refractivity contribution in [2.75, 3.05) is 13.1 Å². The van der Waals surface area contributed by atoms with Gasteiger partial charge in [0.05, 0.1) is 5.92 Å². The van der Waals surface area contributed by atoms with E-state index in [9.17, 15) is 4.79 Å². The zero-order valence-corrected chi connectivity index (χ0v) is 8.81. The highest BCUT2D eigenvalue weighted by Crippen LogP contribution is 2.30. The van der Waals surface area contributed by atoms with Gasteiger partial charge < -0.3 is 15.0 Å². The first-order valence-corrected chi connectivity index (χ1v) is 5.25. The van der Waals surface area contributed by atoms with Crippen molar-refractivity contribution < 1.29 is 9.90 Å². The summed E-state index contributed by atoms with van der Waals surface area (Å²) in [6.07, 6.45) is 2.87. The topological polar surface area (TPSA) is 54.3 Å². The lowest BCUT2D eigenvalue weighted by Gasteiger charge is -2.29. The Balaban J connectivity index is 2.25. The van der Waals surface area contributed by atoms with Crippen LogP contribution in [0.1, 0.15) is 18.0 Å². The number of nitrogens with zero attached hydrogens (tertiary/aromatic N) is 1. The average molecular weight is 208 g/mol. The number of carboxylic acids is 1. The van der Waals surface area contributed by atoms with Crippen LogP contribution in [0.4, 0.5) is 0 Å². The van der Waals surface area contributed by atoms with E-state index in [2.05, 4.69) is 5.32 Å². The third-order valence-corrected chi connectivity index (χ3v) is 3.16. The lowest BCUT2D eigenvalue weighted by molar-refractivity contribution is -0.143. The molecule has 1 aliphatic heterocycles. The Bertz CT molecular complexity index is 359. The number of hydrogen-bond acceptors (Lipinski definition) is 2. The number of aryl methyl sites for hydroxylation is 1. The van der Waals surface area contributed by atoms with Gasteiger partial charge in [0.1, 0.15) is 0 Å². The van der Waals surface area contributed by atoms with Crippen LogP contribution in [0.15, 0.2) is 18.3 Å². The van der Waals surface area contributed by atoms with Gasteiger partial charge in [-0.1, -0.05) is 0 Å². The van der Waals surface area contributed by atoms with E-state index in [0.717, 1.165) is 18.7 Å². The number of piperidine rings is 1. The maximum Gasteiger partial charge on any atom is 0.308 e. The molecule has 0 amide bonds. The largest absolute Gasteiger partial charge is 0.481 e. The molecule has 0 radical (unpaired) electrons. The minimum Gasteiger partial charge on any atom is -0.481 e. The molecule has 4 heteroatoms.